The molecule has 6 rings (SSSR count). The highest BCUT2D eigenvalue weighted by Gasteiger charge is 2.41. The molecule has 3 fully saturated rings. The van der Waals surface area contributed by atoms with Crippen LogP contribution >= 0.6 is 23.2 Å². The Bertz CT molecular complexity index is 1140. The molecule has 3 heterocycles. The fourth-order valence-electron chi connectivity index (χ4n) is 5.73. The maximum Gasteiger partial charge on any atom is 0.144 e. The molecule has 0 radical (unpaired) electrons. The van der Waals surface area contributed by atoms with E-state index >= 15 is 0 Å². The van der Waals surface area contributed by atoms with Crippen LogP contribution in [0.2, 0.25) is 10.0 Å². The van der Waals surface area contributed by atoms with Crippen molar-refractivity contribution in [3.05, 3.63) is 69.7 Å². The van der Waals surface area contributed by atoms with Crippen molar-refractivity contribution in [3.63, 3.8) is 0 Å². The summed E-state index contributed by atoms with van der Waals surface area (Å²) in [5.74, 6) is 1.24. The minimum absolute atomic E-state index is 0.169. The van der Waals surface area contributed by atoms with E-state index in [4.69, 9.17) is 27.7 Å². The van der Waals surface area contributed by atoms with E-state index in [0.717, 1.165) is 66.8 Å². The molecule has 2 bridgehead atoms. The molecule has 7 heteroatoms. The summed E-state index contributed by atoms with van der Waals surface area (Å²) in [7, 11) is 0. The molecule has 33 heavy (non-hydrogen) atoms. The van der Waals surface area contributed by atoms with Crippen LogP contribution in [-0.4, -0.2) is 23.3 Å². The molecule has 2 aromatic carbocycles. The minimum Gasteiger partial charge on any atom is -0.365 e. The van der Waals surface area contributed by atoms with Crippen LogP contribution in [0.5, 0.6) is 0 Å². The molecule has 1 aliphatic carbocycles. The van der Waals surface area contributed by atoms with E-state index in [1.165, 1.54) is 6.07 Å². The largest absolute Gasteiger partial charge is 0.365 e. The smallest absolute Gasteiger partial charge is 0.144 e. The maximum absolute atomic E-state index is 13.8. The zero-order chi connectivity index (χ0) is 22.5. The maximum atomic E-state index is 13.8. The number of aromatic nitrogens is 1. The number of hydrogen-bond acceptors (Lipinski definition) is 4. The SMILES string of the molecule is Fc1cccc(N2[C@@H]3CC[C@H]2CC(NCc2c(-c4c(Cl)cccc4Cl)noc2C2CC2)C3)c1. The molecule has 0 spiro atoms. The van der Waals surface area contributed by atoms with Crippen LogP contribution in [0, 0.1) is 5.82 Å². The van der Waals surface area contributed by atoms with Gasteiger partial charge in [-0.15, -0.1) is 0 Å². The summed E-state index contributed by atoms with van der Waals surface area (Å²) in [6.45, 7) is 0.677. The topological polar surface area (TPSA) is 41.3 Å². The molecule has 0 amide bonds. The molecule has 3 aliphatic rings. The second-order valence-corrected chi connectivity index (χ2v) is 10.4. The number of halogens is 3. The summed E-state index contributed by atoms with van der Waals surface area (Å²) < 4.78 is 19.6. The Labute approximate surface area is 203 Å². The van der Waals surface area contributed by atoms with Crippen molar-refractivity contribution in [1.82, 2.24) is 10.5 Å². The summed E-state index contributed by atoms with van der Waals surface area (Å²) in [6.07, 6.45) is 6.65. The van der Waals surface area contributed by atoms with E-state index in [9.17, 15) is 4.39 Å². The van der Waals surface area contributed by atoms with Gasteiger partial charge in [0.2, 0.25) is 0 Å². The van der Waals surface area contributed by atoms with Crippen LogP contribution in [0.15, 0.2) is 47.0 Å². The van der Waals surface area contributed by atoms with Crippen molar-refractivity contribution in [2.75, 3.05) is 4.90 Å². The van der Waals surface area contributed by atoms with E-state index in [1.54, 1.807) is 12.1 Å². The highest BCUT2D eigenvalue weighted by molar-refractivity contribution is 6.39. The molecule has 2 saturated heterocycles. The molecule has 172 valence electrons. The summed E-state index contributed by atoms with van der Waals surface area (Å²) >= 11 is 13.0. The molecule has 4 nitrogen and oxygen atoms in total. The van der Waals surface area contributed by atoms with Gasteiger partial charge in [-0.05, 0) is 68.9 Å². The zero-order valence-electron chi connectivity index (χ0n) is 18.2. The Balaban J connectivity index is 1.22. The minimum atomic E-state index is -0.169. The molecule has 3 aromatic rings. The van der Waals surface area contributed by atoms with Crippen molar-refractivity contribution in [2.24, 2.45) is 0 Å². The van der Waals surface area contributed by atoms with Gasteiger partial charge in [-0.3, -0.25) is 0 Å². The number of benzene rings is 2. The van der Waals surface area contributed by atoms with E-state index < -0.39 is 0 Å². The first kappa shape index (κ1) is 21.5. The van der Waals surface area contributed by atoms with Gasteiger partial charge in [-0.2, -0.15) is 0 Å². The monoisotopic (exact) mass is 485 g/mol. The third-order valence-corrected chi connectivity index (χ3v) is 8.00. The predicted octanol–water partition coefficient (Wildman–Crippen LogP) is 6.95. The first-order chi connectivity index (χ1) is 16.1. The number of rotatable bonds is 6. The Morgan fingerprint density at radius 1 is 1.00 bits per heavy atom. The average molecular weight is 486 g/mol. The molecule has 1 aromatic heterocycles. The number of fused-ring (bicyclic) bond motifs is 2. The first-order valence-corrected chi connectivity index (χ1v) is 12.5. The molecule has 1 N–H and O–H groups in total. The molecular formula is C26H26Cl2FN3O. The summed E-state index contributed by atoms with van der Waals surface area (Å²) in [5, 5.41) is 9.37. The van der Waals surface area contributed by atoms with Gasteiger partial charge in [-0.25, -0.2) is 4.39 Å². The summed E-state index contributed by atoms with van der Waals surface area (Å²) in [4.78, 5) is 2.44. The molecule has 2 aliphatic heterocycles. The molecule has 3 atom stereocenters. The van der Waals surface area contributed by atoms with Crippen LogP contribution in [-0.2, 0) is 6.54 Å². The lowest BCUT2D eigenvalue weighted by Crippen LogP contribution is -2.49. The summed E-state index contributed by atoms with van der Waals surface area (Å²) in [6, 6.07) is 13.8. The lowest BCUT2D eigenvalue weighted by atomic mass is 9.95. The van der Waals surface area contributed by atoms with Gasteiger partial charge in [0.15, 0.2) is 0 Å². The van der Waals surface area contributed by atoms with Gasteiger partial charge in [0.1, 0.15) is 17.3 Å². The highest BCUT2D eigenvalue weighted by atomic mass is 35.5. The Kier molecular flexibility index (Phi) is 5.60. The predicted molar refractivity (Wildman–Crippen MR) is 129 cm³/mol. The number of nitrogens with one attached hydrogen (secondary N) is 1. The third kappa shape index (κ3) is 4.05. The van der Waals surface area contributed by atoms with E-state index in [2.05, 4.69) is 15.4 Å². The first-order valence-electron chi connectivity index (χ1n) is 11.8. The van der Waals surface area contributed by atoms with Crippen molar-refractivity contribution < 1.29 is 8.91 Å². The Morgan fingerprint density at radius 3 is 2.36 bits per heavy atom. The summed E-state index contributed by atoms with van der Waals surface area (Å²) in [5.41, 5.74) is 3.58. The van der Waals surface area contributed by atoms with Crippen LogP contribution < -0.4 is 10.2 Å². The molecule has 1 unspecified atom stereocenters. The fourth-order valence-corrected chi connectivity index (χ4v) is 6.30. The molecule has 1 saturated carbocycles. The van der Waals surface area contributed by atoms with Crippen LogP contribution in [0.4, 0.5) is 10.1 Å². The van der Waals surface area contributed by atoms with E-state index in [0.29, 0.717) is 40.6 Å². The number of hydrogen-bond donors (Lipinski definition) is 1. The van der Waals surface area contributed by atoms with Crippen LogP contribution in [0.1, 0.15) is 55.8 Å². The van der Waals surface area contributed by atoms with Gasteiger partial charge in [0, 0.05) is 47.4 Å². The van der Waals surface area contributed by atoms with Gasteiger partial charge < -0.3 is 14.7 Å². The second-order valence-electron chi connectivity index (χ2n) is 9.57. The van der Waals surface area contributed by atoms with Gasteiger partial charge >= 0.3 is 0 Å². The number of piperidine rings is 1. The van der Waals surface area contributed by atoms with Gasteiger partial charge in [0.25, 0.3) is 0 Å². The Morgan fingerprint density at radius 2 is 1.70 bits per heavy atom. The van der Waals surface area contributed by atoms with Gasteiger partial charge in [-0.1, -0.05) is 40.5 Å². The fraction of sp³-hybridized carbons (Fsp3) is 0.423. The van der Waals surface area contributed by atoms with Crippen molar-refractivity contribution >= 4 is 28.9 Å². The quantitative estimate of drug-likeness (QED) is 0.409. The average Bonchev–Trinajstić information content (AvgIpc) is 3.50. The highest BCUT2D eigenvalue weighted by Crippen LogP contribution is 2.46. The number of anilines is 1. The second kappa shape index (κ2) is 8.61. The normalized spacial score (nSPS) is 24.5. The lowest BCUT2D eigenvalue weighted by molar-refractivity contribution is 0.351. The standard InChI is InChI=1S/C26H26Cl2FN3O/c27-22-5-2-6-23(28)24(22)25-21(26(33-31-25)15-7-8-15)14-30-17-12-19-9-10-20(13-17)32(19)18-4-1-3-16(29)11-18/h1-6,11,15,17,19-20,30H,7-10,12-14H2/t17?,19-,20+. The van der Waals surface area contributed by atoms with Crippen LogP contribution in [0.25, 0.3) is 11.3 Å². The van der Waals surface area contributed by atoms with Gasteiger partial charge in [0.05, 0.1) is 10.0 Å². The lowest BCUT2D eigenvalue weighted by Gasteiger charge is -2.41. The van der Waals surface area contributed by atoms with Crippen LogP contribution in [0.3, 0.4) is 0 Å². The van der Waals surface area contributed by atoms with E-state index in [1.807, 2.05) is 24.3 Å². The van der Waals surface area contributed by atoms with Crippen molar-refractivity contribution in [1.29, 1.82) is 0 Å². The van der Waals surface area contributed by atoms with E-state index in [-0.39, 0.29) is 5.82 Å². The number of nitrogens with zero attached hydrogens (tertiary/aromatic N) is 2. The molecular weight excluding hydrogens is 460 g/mol. The van der Waals surface area contributed by atoms with Crippen molar-refractivity contribution in [2.45, 2.75) is 69.1 Å². The Hall–Kier alpha value is -2.08. The third-order valence-electron chi connectivity index (χ3n) is 7.37. The zero-order valence-corrected chi connectivity index (χ0v) is 19.7. The van der Waals surface area contributed by atoms with Crippen molar-refractivity contribution in [3.8, 4) is 11.3 Å².